The number of rotatable bonds is 6. The number of pyridine rings is 1. The third-order valence-electron chi connectivity index (χ3n) is 4.42. The third kappa shape index (κ3) is 4.65. The molecule has 0 bridgehead atoms. The van der Waals surface area contributed by atoms with Gasteiger partial charge in [-0.3, -0.25) is 9.78 Å². The number of aromatic nitrogens is 3. The Morgan fingerprint density at radius 3 is 2.81 bits per heavy atom. The fourth-order valence-corrected chi connectivity index (χ4v) is 3.13. The van der Waals surface area contributed by atoms with Crippen molar-refractivity contribution in [2.24, 2.45) is 0 Å². The van der Waals surface area contributed by atoms with Crippen LogP contribution in [0.1, 0.15) is 10.4 Å². The number of amides is 1. The predicted molar refractivity (Wildman–Crippen MR) is 116 cm³/mol. The quantitative estimate of drug-likeness (QED) is 0.441. The van der Waals surface area contributed by atoms with Gasteiger partial charge in [-0.15, -0.1) is 0 Å². The van der Waals surface area contributed by atoms with E-state index in [1.165, 1.54) is 7.11 Å². The van der Waals surface area contributed by atoms with E-state index in [1.807, 2.05) is 12.1 Å². The molecule has 0 atom stereocenters. The lowest BCUT2D eigenvalue weighted by Crippen LogP contribution is -2.21. The molecule has 2 aromatic heterocycles. The van der Waals surface area contributed by atoms with Gasteiger partial charge in [0.25, 0.3) is 5.91 Å². The minimum atomic E-state index is -0.632. The molecule has 2 aromatic carbocycles. The molecule has 4 rings (SSSR count). The van der Waals surface area contributed by atoms with Crippen LogP contribution in [-0.2, 0) is 9.53 Å². The second-order valence-electron chi connectivity index (χ2n) is 6.53. The maximum Gasteiger partial charge on any atom is 0.338 e. The van der Waals surface area contributed by atoms with Crippen molar-refractivity contribution in [1.82, 2.24) is 15.0 Å². The Kier molecular flexibility index (Phi) is 5.81. The van der Waals surface area contributed by atoms with Gasteiger partial charge in [0.2, 0.25) is 0 Å². The highest BCUT2D eigenvalue weighted by Crippen LogP contribution is 2.27. The number of anilines is 1. The summed E-state index contributed by atoms with van der Waals surface area (Å²) in [6, 6.07) is 13.4. The summed E-state index contributed by atoms with van der Waals surface area (Å²) in [7, 11) is 1.48. The van der Waals surface area contributed by atoms with Gasteiger partial charge in [-0.25, -0.2) is 9.78 Å². The summed E-state index contributed by atoms with van der Waals surface area (Å²) < 4.78 is 10.3. The van der Waals surface area contributed by atoms with Crippen molar-refractivity contribution < 1.29 is 19.1 Å². The Bertz CT molecular complexity index is 1260. The van der Waals surface area contributed by atoms with Gasteiger partial charge < -0.3 is 19.8 Å². The highest BCUT2D eigenvalue weighted by atomic mass is 35.5. The number of fused-ring (bicyclic) bond motifs is 1. The third-order valence-corrected chi connectivity index (χ3v) is 4.66. The molecule has 0 radical (unpaired) electrons. The molecule has 0 saturated carbocycles. The van der Waals surface area contributed by atoms with Crippen LogP contribution in [0.5, 0.6) is 5.75 Å². The molecule has 9 heteroatoms. The van der Waals surface area contributed by atoms with Crippen LogP contribution in [0.25, 0.3) is 22.4 Å². The standard InChI is InChI=1S/C22H17ClN4O4/c1-30-19-7-5-15(23)10-18(19)25-20(28)12-31-22(29)13-4-6-16-17(9-13)27-21(26-16)14-3-2-8-24-11-14/h2-11H,12H2,1H3,(H,25,28)(H,26,27). The average Bonchev–Trinajstić information content (AvgIpc) is 3.22. The van der Waals surface area contributed by atoms with E-state index >= 15 is 0 Å². The molecule has 0 spiro atoms. The Hall–Kier alpha value is -3.91. The number of imidazole rings is 1. The van der Waals surface area contributed by atoms with Crippen LogP contribution in [-0.4, -0.2) is 40.5 Å². The number of methoxy groups -OCH3 is 1. The second-order valence-corrected chi connectivity index (χ2v) is 6.96. The molecular formula is C22H17ClN4O4. The van der Waals surface area contributed by atoms with Gasteiger partial charge >= 0.3 is 5.97 Å². The van der Waals surface area contributed by atoms with E-state index in [0.29, 0.717) is 38.9 Å². The lowest BCUT2D eigenvalue weighted by Gasteiger charge is -2.10. The molecule has 156 valence electrons. The average molecular weight is 437 g/mol. The minimum Gasteiger partial charge on any atom is -0.495 e. The molecule has 0 aliphatic rings. The molecule has 0 fully saturated rings. The molecule has 0 saturated heterocycles. The topological polar surface area (TPSA) is 106 Å². The van der Waals surface area contributed by atoms with Crippen LogP contribution in [0, 0.1) is 0 Å². The first kappa shape index (κ1) is 20.4. The van der Waals surface area contributed by atoms with E-state index in [0.717, 1.165) is 5.56 Å². The summed E-state index contributed by atoms with van der Waals surface area (Å²) in [5, 5.41) is 3.05. The van der Waals surface area contributed by atoms with E-state index in [4.69, 9.17) is 21.1 Å². The number of halogens is 1. The van der Waals surface area contributed by atoms with Crippen molar-refractivity contribution in [3.05, 3.63) is 71.5 Å². The number of carbonyl (C=O) groups excluding carboxylic acids is 2. The van der Waals surface area contributed by atoms with Gasteiger partial charge in [0.15, 0.2) is 6.61 Å². The SMILES string of the molecule is COc1ccc(Cl)cc1NC(=O)COC(=O)c1ccc2nc(-c3cccnc3)[nH]c2c1. The number of hydrogen-bond donors (Lipinski definition) is 2. The van der Waals surface area contributed by atoms with Crippen LogP contribution >= 0.6 is 11.6 Å². The molecule has 0 aliphatic heterocycles. The van der Waals surface area contributed by atoms with E-state index in [-0.39, 0.29) is 0 Å². The van der Waals surface area contributed by atoms with Crippen LogP contribution in [0.4, 0.5) is 5.69 Å². The van der Waals surface area contributed by atoms with Crippen molar-refractivity contribution in [2.75, 3.05) is 19.0 Å². The normalized spacial score (nSPS) is 10.6. The Morgan fingerprint density at radius 2 is 2.03 bits per heavy atom. The Morgan fingerprint density at radius 1 is 1.16 bits per heavy atom. The predicted octanol–water partition coefficient (Wildman–Crippen LogP) is 4.08. The Balaban J connectivity index is 1.42. The van der Waals surface area contributed by atoms with Crippen molar-refractivity contribution in [3.63, 3.8) is 0 Å². The zero-order valence-electron chi connectivity index (χ0n) is 16.4. The maximum atomic E-state index is 12.4. The first-order valence-corrected chi connectivity index (χ1v) is 9.62. The number of H-pyrrole nitrogens is 1. The molecule has 0 unspecified atom stereocenters. The number of nitrogens with zero attached hydrogens (tertiary/aromatic N) is 2. The fraction of sp³-hybridized carbons (Fsp3) is 0.0909. The fourth-order valence-electron chi connectivity index (χ4n) is 2.95. The lowest BCUT2D eigenvalue weighted by molar-refractivity contribution is -0.119. The number of hydrogen-bond acceptors (Lipinski definition) is 6. The summed E-state index contributed by atoms with van der Waals surface area (Å²) in [6.07, 6.45) is 3.37. The van der Waals surface area contributed by atoms with Crippen LogP contribution in [0.2, 0.25) is 5.02 Å². The number of benzene rings is 2. The zero-order chi connectivity index (χ0) is 21.8. The number of esters is 1. The summed E-state index contributed by atoms with van der Waals surface area (Å²) in [5.74, 6) is -0.0651. The Labute approximate surface area is 182 Å². The molecule has 2 N–H and O–H groups in total. The molecule has 1 amide bonds. The monoisotopic (exact) mass is 436 g/mol. The minimum absolute atomic E-state index is 0.294. The largest absolute Gasteiger partial charge is 0.495 e. The molecule has 8 nitrogen and oxygen atoms in total. The van der Waals surface area contributed by atoms with Crippen LogP contribution in [0.3, 0.4) is 0 Å². The number of nitrogens with one attached hydrogen (secondary N) is 2. The van der Waals surface area contributed by atoms with Crippen molar-refractivity contribution >= 4 is 40.2 Å². The number of ether oxygens (including phenoxy) is 2. The first-order chi connectivity index (χ1) is 15.0. The highest BCUT2D eigenvalue weighted by molar-refractivity contribution is 6.31. The molecular weight excluding hydrogens is 420 g/mol. The van der Waals surface area contributed by atoms with E-state index in [9.17, 15) is 9.59 Å². The van der Waals surface area contributed by atoms with E-state index in [1.54, 1.807) is 48.8 Å². The highest BCUT2D eigenvalue weighted by Gasteiger charge is 2.14. The van der Waals surface area contributed by atoms with E-state index < -0.39 is 18.5 Å². The number of aromatic amines is 1. The summed E-state index contributed by atoms with van der Waals surface area (Å²) in [5.41, 5.74) is 2.87. The van der Waals surface area contributed by atoms with Gasteiger partial charge in [0.05, 0.1) is 29.4 Å². The van der Waals surface area contributed by atoms with Crippen molar-refractivity contribution in [3.8, 4) is 17.1 Å². The summed E-state index contributed by atoms with van der Waals surface area (Å²) in [6.45, 7) is -0.462. The van der Waals surface area contributed by atoms with Crippen molar-refractivity contribution in [1.29, 1.82) is 0 Å². The van der Waals surface area contributed by atoms with Crippen molar-refractivity contribution in [2.45, 2.75) is 0 Å². The van der Waals surface area contributed by atoms with Crippen LogP contribution in [0.15, 0.2) is 60.9 Å². The summed E-state index contributed by atoms with van der Waals surface area (Å²) >= 11 is 5.95. The van der Waals surface area contributed by atoms with Gasteiger partial charge in [-0.2, -0.15) is 0 Å². The van der Waals surface area contributed by atoms with Gasteiger partial charge in [0.1, 0.15) is 11.6 Å². The molecule has 2 heterocycles. The zero-order valence-corrected chi connectivity index (χ0v) is 17.1. The first-order valence-electron chi connectivity index (χ1n) is 9.24. The van der Waals surface area contributed by atoms with Crippen LogP contribution < -0.4 is 10.1 Å². The smallest absolute Gasteiger partial charge is 0.338 e. The van der Waals surface area contributed by atoms with Gasteiger partial charge in [-0.05, 0) is 48.5 Å². The molecule has 31 heavy (non-hydrogen) atoms. The number of carbonyl (C=O) groups is 2. The van der Waals surface area contributed by atoms with Gasteiger partial charge in [0, 0.05) is 23.0 Å². The lowest BCUT2D eigenvalue weighted by atomic mass is 10.2. The second kappa shape index (κ2) is 8.85. The summed E-state index contributed by atoms with van der Waals surface area (Å²) in [4.78, 5) is 36.3. The molecule has 4 aromatic rings. The molecule has 0 aliphatic carbocycles. The van der Waals surface area contributed by atoms with Gasteiger partial charge in [-0.1, -0.05) is 11.6 Å². The van der Waals surface area contributed by atoms with E-state index in [2.05, 4.69) is 20.3 Å². The maximum absolute atomic E-state index is 12.4.